The number of alkyl halides is 2. The standard InChI is InChI=1S/C15H22BF2NO2.H2/c1-13(2)14(3,4)21-16(20-13)11-8-6-10(7-9-11)12(19)15(5,17)18;/h6-9,12H,19H2,1-5H3;1H/t12-;/m0./s1. The van der Waals surface area contributed by atoms with Crippen molar-refractivity contribution in [2.24, 2.45) is 5.73 Å². The van der Waals surface area contributed by atoms with Gasteiger partial charge in [0.05, 0.1) is 17.2 Å². The summed E-state index contributed by atoms with van der Waals surface area (Å²) < 4.78 is 38.3. The number of hydrogen-bond acceptors (Lipinski definition) is 3. The minimum atomic E-state index is -2.95. The average molecular weight is 299 g/mol. The highest BCUT2D eigenvalue weighted by Crippen LogP contribution is 2.36. The Labute approximate surface area is 126 Å². The molecule has 0 radical (unpaired) electrons. The summed E-state index contributed by atoms with van der Waals surface area (Å²) in [5, 5.41) is 0. The van der Waals surface area contributed by atoms with Crippen LogP contribution in [-0.2, 0) is 9.31 Å². The SMILES string of the molecule is CC(F)(F)[C@@H](N)c1ccc(B2OC(C)(C)C(C)(C)O2)cc1.[HH]. The second-order valence-corrected chi connectivity index (χ2v) is 6.69. The van der Waals surface area contributed by atoms with E-state index in [4.69, 9.17) is 15.0 Å². The molecule has 1 fully saturated rings. The maximum absolute atomic E-state index is 13.2. The highest BCUT2D eigenvalue weighted by Gasteiger charge is 2.51. The van der Waals surface area contributed by atoms with Crippen LogP contribution in [0, 0.1) is 0 Å². The quantitative estimate of drug-likeness (QED) is 0.873. The summed E-state index contributed by atoms with van der Waals surface area (Å²) in [6.07, 6.45) is 0. The first-order valence-corrected chi connectivity index (χ1v) is 7.03. The van der Waals surface area contributed by atoms with Crippen LogP contribution in [0.5, 0.6) is 0 Å². The van der Waals surface area contributed by atoms with E-state index in [1.807, 2.05) is 27.7 Å². The fraction of sp³-hybridized carbons (Fsp3) is 0.600. The van der Waals surface area contributed by atoms with Crippen LogP contribution in [0.15, 0.2) is 24.3 Å². The highest BCUT2D eigenvalue weighted by molar-refractivity contribution is 6.62. The van der Waals surface area contributed by atoms with Gasteiger partial charge in [-0.05, 0) is 38.7 Å². The zero-order chi connectivity index (χ0) is 16.1. The molecule has 1 saturated heterocycles. The normalized spacial score (nSPS) is 22.4. The Bertz CT molecular complexity index is 501. The van der Waals surface area contributed by atoms with Gasteiger partial charge in [0.2, 0.25) is 0 Å². The Balaban J connectivity index is 0.00000242. The molecule has 1 aliphatic rings. The molecule has 1 aromatic carbocycles. The van der Waals surface area contributed by atoms with Crippen molar-refractivity contribution in [3.8, 4) is 0 Å². The molecule has 0 spiro atoms. The Morgan fingerprint density at radius 1 is 1.10 bits per heavy atom. The second-order valence-electron chi connectivity index (χ2n) is 6.69. The molecule has 2 rings (SSSR count). The molecule has 0 amide bonds. The molecule has 0 saturated carbocycles. The number of rotatable bonds is 3. The van der Waals surface area contributed by atoms with E-state index in [-0.39, 0.29) is 1.43 Å². The Hall–Kier alpha value is -0.975. The Kier molecular flexibility index (Phi) is 3.93. The van der Waals surface area contributed by atoms with E-state index in [2.05, 4.69) is 0 Å². The number of nitrogens with two attached hydrogens (primary N) is 1. The van der Waals surface area contributed by atoms with Gasteiger partial charge in [-0.3, -0.25) is 0 Å². The van der Waals surface area contributed by atoms with Gasteiger partial charge >= 0.3 is 7.12 Å². The summed E-state index contributed by atoms with van der Waals surface area (Å²) in [5.41, 5.74) is 5.88. The average Bonchev–Trinajstić information content (AvgIpc) is 2.57. The van der Waals surface area contributed by atoms with Crippen molar-refractivity contribution >= 4 is 12.6 Å². The molecule has 6 heteroatoms. The van der Waals surface area contributed by atoms with Crippen molar-refractivity contribution in [1.29, 1.82) is 0 Å². The third-order valence-electron chi connectivity index (χ3n) is 4.37. The summed E-state index contributed by atoms with van der Waals surface area (Å²) >= 11 is 0. The number of benzene rings is 1. The molecule has 0 aromatic heterocycles. The third-order valence-corrected chi connectivity index (χ3v) is 4.37. The van der Waals surface area contributed by atoms with Crippen LogP contribution in [0.25, 0.3) is 0 Å². The van der Waals surface area contributed by atoms with Gasteiger partial charge in [-0.25, -0.2) is 8.78 Å². The van der Waals surface area contributed by atoms with Gasteiger partial charge in [-0.2, -0.15) is 0 Å². The van der Waals surface area contributed by atoms with Crippen molar-refractivity contribution in [1.82, 2.24) is 0 Å². The van der Waals surface area contributed by atoms with Crippen LogP contribution >= 0.6 is 0 Å². The number of halogens is 2. The summed E-state index contributed by atoms with van der Waals surface area (Å²) in [6.45, 7) is 8.69. The molecule has 118 valence electrons. The third kappa shape index (κ3) is 3.12. The molecule has 21 heavy (non-hydrogen) atoms. The van der Waals surface area contributed by atoms with Gasteiger partial charge in [-0.15, -0.1) is 0 Å². The molecule has 3 nitrogen and oxygen atoms in total. The maximum Gasteiger partial charge on any atom is 0.494 e. The summed E-state index contributed by atoms with van der Waals surface area (Å²) in [7, 11) is -0.498. The summed E-state index contributed by atoms with van der Waals surface area (Å²) in [5.74, 6) is -2.95. The topological polar surface area (TPSA) is 44.5 Å². The second kappa shape index (κ2) is 5.04. The fourth-order valence-corrected chi connectivity index (χ4v) is 2.13. The maximum atomic E-state index is 13.2. The molecule has 1 aliphatic heterocycles. The smallest absolute Gasteiger partial charge is 0.399 e. The highest BCUT2D eigenvalue weighted by atomic mass is 19.3. The lowest BCUT2D eigenvalue weighted by atomic mass is 9.78. The molecule has 0 aliphatic carbocycles. The molecule has 1 aromatic rings. The van der Waals surface area contributed by atoms with Crippen LogP contribution in [0.1, 0.15) is 47.7 Å². The predicted molar refractivity (Wildman–Crippen MR) is 81.8 cm³/mol. The first-order valence-electron chi connectivity index (χ1n) is 7.03. The van der Waals surface area contributed by atoms with Crippen LogP contribution in [0.3, 0.4) is 0 Å². The van der Waals surface area contributed by atoms with Crippen molar-refractivity contribution < 1.29 is 19.5 Å². The van der Waals surface area contributed by atoms with E-state index >= 15 is 0 Å². The van der Waals surface area contributed by atoms with Crippen LogP contribution in [-0.4, -0.2) is 24.2 Å². The Morgan fingerprint density at radius 3 is 1.90 bits per heavy atom. The molecule has 0 unspecified atom stereocenters. The zero-order valence-corrected chi connectivity index (χ0v) is 13.1. The first kappa shape index (κ1) is 16.4. The van der Waals surface area contributed by atoms with Crippen molar-refractivity contribution in [3.05, 3.63) is 29.8 Å². The lowest BCUT2D eigenvalue weighted by Crippen LogP contribution is -2.41. The van der Waals surface area contributed by atoms with E-state index in [0.29, 0.717) is 5.56 Å². The first-order chi connectivity index (χ1) is 9.44. The van der Waals surface area contributed by atoms with Gasteiger partial charge in [-0.1, -0.05) is 24.3 Å². The van der Waals surface area contributed by atoms with E-state index in [9.17, 15) is 8.78 Å². The van der Waals surface area contributed by atoms with Crippen LogP contribution in [0.4, 0.5) is 8.78 Å². The predicted octanol–water partition coefficient (Wildman–Crippen LogP) is 2.89. The van der Waals surface area contributed by atoms with Gasteiger partial charge in [0.25, 0.3) is 5.92 Å². The van der Waals surface area contributed by atoms with Gasteiger partial charge in [0.15, 0.2) is 0 Å². The van der Waals surface area contributed by atoms with Gasteiger partial charge < -0.3 is 15.0 Å². The Morgan fingerprint density at radius 2 is 1.52 bits per heavy atom. The lowest BCUT2D eigenvalue weighted by molar-refractivity contribution is -0.00618. The molecule has 0 bridgehead atoms. The van der Waals surface area contributed by atoms with Crippen molar-refractivity contribution in [3.63, 3.8) is 0 Å². The van der Waals surface area contributed by atoms with Gasteiger partial charge in [0.1, 0.15) is 0 Å². The van der Waals surface area contributed by atoms with Crippen molar-refractivity contribution in [2.75, 3.05) is 0 Å². The minimum absolute atomic E-state index is 0. The van der Waals surface area contributed by atoms with Crippen LogP contribution < -0.4 is 11.2 Å². The molecule has 1 heterocycles. The minimum Gasteiger partial charge on any atom is -0.399 e. The van der Waals surface area contributed by atoms with E-state index in [0.717, 1.165) is 12.4 Å². The van der Waals surface area contributed by atoms with Gasteiger partial charge in [0, 0.05) is 8.35 Å². The van der Waals surface area contributed by atoms with E-state index < -0.39 is 30.3 Å². The zero-order valence-electron chi connectivity index (χ0n) is 13.1. The molecule has 2 N–H and O–H groups in total. The molecule has 1 atom stereocenters. The number of hydrogen-bond donors (Lipinski definition) is 1. The van der Waals surface area contributed by atoms with E-state index in [1.54, 1.807) is 24.3 Å². The summed E-state index contributed by atoms with van der Waals surface area (Å²) in [4.78, 5) is 0. The fourth-order valence-electron chi connectivity index (χ4n) is 2.13. The molecular formula is C15H24BF2NO2. The van der Waals surface area contributed by atoms with E-state index in [1.165, 1.54) is 0 Å². The monoisotopic (exact) mass is 299 g/mol. The lowest BCUT2D eigenvalue weighted by Gasteiger charge is -2.32. The largest absolute Gasteiger partial charge is 0.494 e. The summed E-state index contributed by atoms with van der Waals surface area (Å²) in [6, 6.07) is 5.33. The van der Waals surface area contributed by atoms with Crippen molar-refractivity contribution in [2.45, 2.75) is 57.8 Å². The molecular weight excluding hydrogens is 275 g/mol. The van der Waals surface area contributed by atoms with Crippen LogP contribution in [0.2, 0.25) is 0 Å².